The predicted octanol–water partition coefficient (Wildman–Crippen LogP) is 0.860. The minimum absolute atomic E-state index is 0.0424. The number of unbranched alkanes of at least 4 members (excludes halogenated alkanes) is 1. The summed E-state index contributed by atoms with van der Waals surface area (Å²) in [6.07, 6.45) is 3.33. The van der Waals surface area contributed by atoms with Gasteiger partial charge >= 0.3 is 0 Å². The fraction of sp³-hybridized carbons (Fsp3) is 0.500. The van der Waals surface area contributed by atoms with Crippen LogP contribution in [0.1, 0.15) is 36.9 Å². The van der Waals surface area contributed by atoms with Crippen LogP contribution in [-0.4, -0.2) is 59.1 Å². The lowest BCUT2D eigenvalue weighted by molar-refractivity contribution is -0.138. The number of hydrazine groups is 1. The predicted molar refractivity (Wildman–Crippen MR) is 102 cm³/mol. The Labute approximate surface area is 160 Å². The molecule has 0 radical (unpaired) electrons. The Hall–Kier alpha value is -2.38. The van der Waals surface area contributed by atoms with E-state index in [-0.39, 0.29) is 37.0 Å². The number of rotatable bonds is 7. The summed E-state index contributed by atoms with van der Waals surface area (Å²) >= 11 is 0. The first-order chi connectivity index (χ1) is 13.0. The van der Waals surface area contributed by atoms with Gasteiger partial charge in [-0.05, 0) is 38.3 Å². The molecule has 1 aromatic carbocycles. The van der Waals surface area contributed by atoms with Crippen LogP contribution in [-0.2, 0) is 9.59 Å². The number of aliphatic hydroxyl groups excluding tert-OH is 1. The highest BCUT2D eigenvalue weighted by Crippen LogP contribution is 2.30. The molecule has 1 fully saturated rings. The molecule has 1 saturated heterocycles. The maximum Gasteiger partial charge on any atom is 0.271 e. The third kappa shape index (κ3) is 4.48. The van der Waals surface area contributed by atoms with Crippen LogP contribution in [0, 0.1) is 6.92 Å². The average Bonchev–Trinajstić information content (AvgIpc) is 3.10. The van der Waals surface area contributed by atoms with Gasteiger partial charge in [0.2, 0.25) is 5.91 Å². The molecule has 1 aromatic rings. The van der Waals surface area contributed by atoms with E-state index in [4.69, 9.17) is 5.11 Å². The van der Waals surface area contributed by atoms with E-state index >= 15 is 0 Å². The molecule has 2 unspecified atom stereocenters. The number of carbonyl (C=O) groups is 2. The van der Waals surface area contributed by atoms with Gasteiger partial charge in [0, 0.05) is 19.7 Å². The molecule has 2 heterocycles. The van der Waals surface area contributed by atoms with Crippen molar-refractivity contribution in [2.75, 3.05) is 26.2 Å². The summed E-state index contributed by atoms with van der Waals surface area (Å²) in [5.41, 5.74) is 6.31. The Morgan fingerprint density at radius 3 is 2.74 bits per heavy atom. The first-order valence-electron chi connectivity index (χ1n) is 9.50. The molecule has 0 spiro atoms. The molecule has 0 bridgehead atoms. The summed E-state index contributed by atoms with van der Waals surface area (Å²) in [5.74, 6) is -0.288. The standard InChI is InChI=1S/C20H28N4O3/c1-14-5-7-16(8-6-14)17-11-18-20(27)23(12-15(2)24(18)22-17)13-19(26)21-9-3-4-10-25/h5-8,11,15,17,22,25H,3-4,9-10,12-13H2,1-2H3,(H,21,26). The Morgan fingerprint density at radius 1 is 1.30 bits per heavy atom. The Balaban J connectivity index is 1.64. The highest BCUT2D eigenvalue weighted by Gasteiger charge is 2.39. The van der Waals surface area contributed by atoms with Crippen molar-refractivity contribution in [2.45, 2.75) is 38.8 Å². The lowest BCUT2D eigenvalue weighted by Gasteiger charge is -2.39. The first-order valence-corrected chi connectivity index (χ1v) is 9.50. The molecule has 3 N–H and O–H groups in total. The number of benzene rings is 1. The Bertz CT molecular complexity index is 716. The summed E-state index contributed by atoms with van der Waals surface area (Å²) in [4.78, 5) is 26.6. The maximum atomic E-state index is 12.9. The fourth-order valence-electron chi connectivity index (χ4n) is 3.45. The zero-order chi connectivity index (χ0) is 19.4. The van der Waals surface area contributed by atoms with Crippen molar-refractivity contribution in [3.63, 3.8) is 0 Å². The number of carbonyl (C=O) groups excluding carboxylic acids is 2. The number of nitrogens with zero attached hydrogens (tertiary/aromatic N) is 2. The molecule has 7 nitrogen and oxygen atoms in total. The van der Waals surface area contributed by atoms with Gasteiger partial charge in [-0.3, -0.25) is 14.6 Å². The van der Waals surface area contributed by atoms with Crippen LogP contribution in [0.4, 0.5) is 0 Å². The van der Waals surface area contributed by atoms with Gasteiger partial charge in [-0.15, -0.1) is 0 Å². The van der Waals surface area contributed by atoms with Crippen molar-refractivity contribution in [2.24, 2.45) is 0 Å². The number of aryl methyl sites for hydroxylation is 1. The van der Waals surface area contributed by atoms with Crippen molar-refractivity contribution in [1.29, 1.82) is 0 Å². The number of nitrogens with one attached hydrogen (secondary N) is 2. The zero-order valence-electron chi connectivity index (χ0n) is 15.9. The number of hydrogen-bond donors (Lipinski definition) is 3. The lowest BCUT2D eigenvalue weighted by atomic mass is 10.1. The molecule has 0 saturated carbocycles. The molecule has 0 aromatic heterocycles. The summed E-state index contributed by atoms with van der Waals surface area (Å²) in [6.45, 7) is 5.28. The van der Waals surface area contributed by atoms with Crippen LogP contribution in [0.5, 0.6) is 0 Å². The monoisotopic (exact) mass is 372 g/mol. The van der Waals surface area contributed by atoms with Crippen LogP contribution in [0.3, 0.4) is 0 Å². The van der Waals surface area contributed by atoms with Crippen molar-refractivity contribution in [3.05, 3.63) is 47.2 Å². The molecule has 2 amide bonds. The molecule has 2 atom stereocenters. The third-order valence-corrected chi connectivity index (χ3v) is 4.97. The minimum Gasteiger partial charge on any atom is -0.396 e. The van der Waals surface area contributed by atoms with Gasteiger partial charge in [0.15, 0.2) is 0 Å². The topological polar surface area (TPSA) is 84.9 Å². The molecular formula is C20H28N4O3. The maximum absolute atomic E-state index is 12.9. The molecule has 2 aliphatic rings. The number of amides is 2. The quantitative estimate of drug-likeness (QED) is 0.618. The summed E-state index contributed by atoms with van der Waals surface area (Å²) in [6, 6.07) is 8.28. The van der Waals surface area contributed by atoms with Gasteiger partial charge in [-0.25, -0.2) is 5.43 Å². The van der Waals surface area contributed by atoms with Crippen molar-refractivity contribution in [3.8, 4) is 0 Å². The van der Waals surface area contributed by atoms with Crippen LogP contribution in [0.25, 0.3) is 0 Å². The number of hydrogen-bond acceptors (Lipinski definition) is 5. The Kier molecular flexibility index (Phi) is 6.13. The van der Waals surface area contributed by atoms with E-state index in [9.17, 15) is 9.59 Å². The normalized spacial score (nSPS) is 21.9. The van der Waals surface area contributed by atoms with E-state index in [0.29, 0.717) is 25.2 Å². The second-order valence-corrected chi connectivity index (χ2v) is 7.25. The minimum atomic E-state index is -0.163. The smallest absolute Gasteiger partial charge is 0.271 e. The highest BCUT2D eigenvalue weighted by molar-refractivity contribution is 5.96. The third-order valence-electron chi connectivity index (χ3n) is 4.97. The second kappa shape index (κ2) is 8.54. The van der Waals surface area contributed by atoms with E-state index in [1.807, 2.05) is 24.9 Å². The largest absolute Gasteiger partial charge is 0.396 e. The van der Waals surface area contributed by atoms with E-state index in [0.717, 1.165) is 12.0 Å². The van der Waals surface area contributed by atoms with Crippen molar-refractivity contribution in [1.82, 2.24) is 20.7 Å². The number of fused-ring (bicyclic) bond motifs is 1. The van der Waals surface area contributed by atoms with E-state index in [1.165, 1.54) is 5.56 Å². The molecule has 7 heteroatoms. The van der Waals surface area contributed by atoms with Gasteiger partial charge in [0.05, 0.1) is 18.6 Å². The summed E-state index contributed by atoms with van der Waals surface area (Å²) in [5, 5.41) is 13.5. The molecule has 0 aliphatic carbocycles. The summed E-state index contributed by atoms with van der Waals surface area (Å²) in [7, 11) is 0. The van der Waals surface area contributed by atoms with Crippen LogP contribution in [0.15, 0.2) is 36.0 Å². The number of aliphatic hydroxyl groups is 1. The van der Waals surface area contributed by atoms with Crippen LogP contribution in [0.2, 0.25) is 0 Å². The summed E-state index contributed by atoms with van der Waals surface area (Å²) < 4.78 is 0. The molecule has 27 heavy (non-hydrogen) atoms. The fourth-order valence-corrected chi connectivity index (χ4v) is 3.45. The Morgan fingerprint density at radius 2 is 2.04 bits per heavy atom. The SMILES string of the molecule is Cc1ccc(C2C=C3C(=O)N(CC(=O)NCCCCO)CC(C)N3N2)cc1. The highest BCUT2D eigenvalue weighted by atomic mass is 16.3. The zero-order valence-corrected chi connectivity index (χ0v) is 15.9. The molecular weight excluding hydrogens is 344 g/mol. The average molecular weight is 372 g/mol. The van der Waals surface area contributed by atoms with Gasteiger partial charge in [0.1, 0.15) is 5.70 Å². The van der Waals surface area contributed by atoms with Gasteiger partial charge in [-0.1, -0.05) is 29.8 Å². The van der Waals surface area contributed by atoms with Crippen LogP contribution < -0.4 is 10.7 Å². The first kappa shape index (κ1) is 19.4. The molecule has 2 aliphatic heterocycles. The van der Waals surface area contributed by atoms with Crippen LogP contribution >= 0.6 is 0 Å². The van der Waals surface area contributed by atoms with Gasteiger partial charge in [-0.2, -0.15) is 0 Å². The molecule has 3 rings (SSSR count). The lowest BCUT2D eigenvalue weighted by Crippen LogP contribution is -2.57. The van der Waals surface area contributed by atoms with E-state index in [2.05, 4.69) is 35.0 Å². The number of piperazine rings is 1. The van der Waals surface area contributed by atoms with Crippen molar-refractivity contribution < 1.29 is 14.7 Å². The van der Waals surface area contributed by atoms with E-state index in [1.54, 1.807) is 4.90 Å². The van der Waals surface area contributed by atoms with Gasteiger partial charge < -0.3 is 15.3 Å². The van der Waals surface area contributed by atoms with Crippen molar-refractivity contribution >= 4 is 11.8 Å². The van der Waals surface area contributed by atoms with E-state index < -0.39 is 0 Å². The second-order valence-electron chi connectivity index (χ2n) is 7.25. The van der Waals surface area contributed by atoms with Gasteiger partial charge in [0.25, 0.3) is 5.91 Å². The molecule has 146 valence electrons.